The second-order valence-corrected chi connectivity index (χ2v) is 6.26. The lowest BCUT2D eigenvalue weighted by Gasteiger charge is -2.07. The van der Waals surface area contributed by atoms with Crippen molar-refractivity contribution in [2.24, 2.45) is 10.2 Å². The summed E-state index contributed by atoms with van der Waals surface area (Å²) in [6, 6.07) is 17.6. The average molecular weight is 385 g/mol. The van der Waals surface area contributed by atoms with E-state index in [0.29, 0.717) is 17.2 Å². The molecule has 29 heavy (non-hydrogen) atoms. The number of benzene rings is 2. The summed E-state index contributed by atoms with van der Waals surface area (Å²) in [6.45, 7) is 1.56. The van der Waals surface area contributed by atoms with Crippen LogP contribution >= 0.6 is 0 Å². The first-order valence-electron chi connectivity index (χ1n) is 8.80. The van der Waals surface area contributed by atoms with Crippen LogP contribution < -0.4 is 0 Å². The molecule has 9 heteroatoms. The van der Waals surface area contributed by atoms with Crippen molar-refractivity contribution < 1.29 is 9.32 Å². The Kier molecular flexibility index (Phi) is 4.90. The van der Waals surface area contributed by atoms with Crippen LogP contribution in [0.25, 0.3) is 22.4 Å². The van der Waals surface area contributed by atoms with Gasteiger partial charge in [0.15, 0.2) is 5.82 Å². The van der Waals surface area contributed by atoms with E-state index >= 15 is 0 Å². The van der Waals surface area contributed by atoms with E-state index < -0.39 is 6.04 Å². The number of nitrogens with zero attached hydrogens (tertiary/aromatic N) is 7. The Bertz CT molecular complexity index is 1230. The van der Waals surface area contributed by atoms with E-state index in [1.165, 1.54) is 6.92 Å². The molecule has 0 amide bonds. The van der Waals surface area contributed by atoms with Crippen LogP contribution in [0.5, 0.6) is 0 Å². The minimum atomic E-state index is -1.03. The molecule has 2 aromatic carbocycles. The van der Waals surface area contributed by atoms with E-state index in [0.717, 1.165) is 11.1 Å². The highest BCUT2D eigenvalue weighted by Gasteiger charge is 2.21. The van der Waals surface area contributed by atoms with Crippen LogP contribution in [0.4, 0.5) is 6.01 Å². The van der Waals surface area contributed by atoms with Gasteiger partial charge in [0.2, 0.25) is 11.9 Å². The highest BCUT2D eigenvalue weighted by Crippen LogP contribution is 2.25. The standard InChI is InChI=1S/C20H15N7O2/c1-13(28)12-27-17-10-6-5-9-15(17)22-19(27)16(11-21)24-25-20-23-18(26-29-20)14-7-3-2-4-8-14/h2-10,16H,12H2,1H3/b25-24+. The normalized spacial score (nSPS) is 12.3. The molecule has 0 saturated carbocycles. The molecule has 2 aromatic heterocycles. The zero-order valence-corrected chi connectivity index (χ0v) is 15.4. The topological polar surface area (TPSA) is 122 Å². The van der Waals surface area contributed by atoms with Gasteiger partial charge >= 0.3 is 6.01 Å². The summed E-state index contributed by atoms with van der Waals surface area (Å²) >= 11 is 0. The van der Waals surface area contributed by atoms with Crippen LogP contribution in [0.15, 0.2) is 69.3 Å². The van der Waals surface area contributed by atoms with E-state index in [1.54, 1.807) is 4.57 Å². The van der Waals surface area contributed by atoms with Gasteiger partial charge < -0.3 is 9.09 Å². The predicted octanol–water partition coefficient (Wildman–Crippen LogP) is 4.02. The van der Waals surface area contributed by atoms with Crippen molar-refractivity contribution in [3.8, 4) is 17.5 Å². The van der Waals surface area contributed by atoms with E-state index in [1.807, 2.05) is 54.6 Å². The minimum Gasteiger partial charge on any atom is -0.318 e. The molecular weight excluding hydrogens is 370 g/mol. The number of rotatable bonds is 6. The number of nitriles is 1. The summed E-state index contributed by atoms with van der Waals surface area (Å²) in [4.78, 5) is 20.4. The van der Waals surface area contributed by atoms with Crippen LogP contribution in [0.1, 0.15) is 18.8 Å². The fourth-order valence-corrected chi connectivity index (χ4v) is 2.89. The van der Waals surface area contributed by atoms with Crippen LogP contribution in [0.3, 0.4) is 0 Å². The van der Waals surface area contributed by atoms with E-state index in [-0.39, 0.29) is 18.3 Å². The quantitative estimate of drug-likeness (QED) is 0.462. The molecule has 0 radical (unpaired) electrons. The fourth-order valence-electron chi connectivity index (χ4n) is 2.89. The number of carbonyl (C=O) groups excluding carboxylic acids is 1. The number of carbonyl (C=O) groups is 1. The molecule has 4 aromatic rings. The molecule has 1 atom stereocenters. The minimum absolute atomic E-state index is 0.0626. The molecule has 142 valence electrons. The number of aromatic nitrogens is 4. The van der Waals surface area contributed by atoms with Crippen molar-refractivity contribution in [3.63, 3.8) is 0 Å². The Morgan fingerprint density at radius 1 is 1.17 bits per heavy atom. The zero-order chi connectivity index (χ0) is 20.2. The Hall–Kier alpha value is -4.19. The number of hydrogen-bond donors (Lipinski definition) is 0. The lowest BCUT2D eigenvalue weighted by molar-refractivity contribution is -0.117. The van der Waals surface area contributed by atoms with Crippen molar-refractivity contribution in [2.75, 3.05) is 0 Å². The Morgan fingerprint density at radius 2 is 1.93 bits per heavy atom. The van der Waals surface area contributed by atoms with Crippen molar-refractivity contribution in [2.45, 2.75) is 19.5 Å². The van der Waals surface area contributed by atoms with E-state index in [2.05, 4.69) is 31.4 Å². The highest BCUT2D eigenvalue weighted by molar-refractivity contribution is 5.81. The third-order valence-corrected chi connectivity index (χ3v) is 4.14. The summed E-state index contributed by atoms with van der Waals surface area (Å²) in [5, 5.41) is 21.4. The van der Waals surface area contributed by atoms with Gasteiger partial charge in [-0.2, -0.15) is 15.4 Å². The molecular formula is C20H15N7O2. The van der Waals surface area contributed by atoms with Gasteiger partial charge in [-0.1, -0.05) is 52.7 Å². The fraction of sp³-hybridized carbons (Fsp3) is 0.150. The Balaban J connectivity index is 1.66. The second-order valence-electron chi connectivity index (χ2n) is 6.26. The van der Waals surface area contributed by atoms with Gasteiger partial charge in [-0.15, -0.1) is 0 Å². The van der Waals surface area contributed by atoms with Crippen molar-refractivity contribution in [1.82, 2.24) is 19.7 Å². The molecule has 1 unspecified atom stereocenters. The SMILES string of the molecule is CC(=O)Cn1c(C(C#N)/N=N/c2nc(-c3ccccc3)no2)nc2ccccc21. The van der Waals surface area contributed by atoms with Crippen LogP contribution in [0, 0.1) is 11.3 Å². The van der Waals surface area contributed by atoms with Gasteiger partial charge in [0.25, 0.3) is 0 Å². The molecule has 2 heterocycles. The van der Waals surface area contributed by atoms with Gasteiger partial charge in [-0.25, -0.2) is 4.98 Å². The summed E-state index contributed by atoms with van der Waals surface area (Å²) in [5.41, 5.74) is 2.19. The zero-order valence-electron chi connectivity index (χ0n) is 15.4. The Morgan fingerprint density at radius 3 is 2.69 bits per heavy atom. The number of imidazole rings is 1. The number of hydrogen-bond acceptors (Lipinski definition) is 8. The number of azo groups is 1. The lowest BCUT2D eigenvalue weighted by Crippen LogP contribution is -2.11. The molecule has 4 rings (SSSR count). The lowest BCUT2D eigenvalue weighted by atomic mass is 10.2. The van der Waals surface area contributed by atoms with Gasteiger partial charge in [-0.05, 0) is 19.1 Å². The van der Waals surface area contributed by atoms with Crippen LogP contribution in [-0.4, -0.2) is 25.5 Å². The van der Waals surface area contributed by atoms with Crippen molar-refractivity contribution in [3.05, 3.63) is 60.4 Å². The molecule has 0 aliphatic rings. The number of fused-ring (bicyclic) bond motifs is 1. The third-order valence-electron chi connectivity index (χ3n) is 4.14. The van der Waals surface area contributed by atoms with Gasteiger partial charge in [0.05, 0.1) is 23.6 Å². The predicted molar refractivity (Wildman–Crippen MR) is 103 cm³/mol. The summed E-state index contributed by atoms with van der Waals surface area (Å²) in [6.07, 6.45) is 0. The summed E-state index contributed by atoms with van der Waals surface area (Å²) in [5.74, 6) is 0.639. The third kappa shape index (κ3) is 3.77. The molecule has 9 nitrogen and oxygen atoms in total. The maximum atomic E-state index is 11.7. The first-order valence-corrected chi connectivity index (χ1v) is 8.80. The maximum absolute atomic E-state index is 11.7. The molecule has 0 N–H and O–H groups in total. The Labute approximate surface area is 165 Å². The van der Waals surface area contributed by atoms with Crippen molar-refractivity contribution >= 4 is 22.8 Å². The first kappa shape index (κ1) is 18.2. The largest absolute Gasteiger partial charge is 0.366 e. The summed E-state index contributed by atoms with van der Waals surface area (Å²) < 4.78 is 6.77. The molecule has 0 aliphatic carbocycles. The van der Waals surface area contributed by atoms with Gasteiger partial charge in [0, 0.05) is 5.56 Å². The summed E-state index contributed by atoms with van der Waals surface area (Å²) in [7, 11) is 0. The highest BCUT2D eigenvalue weighted by atomic mass is 16.5. The second kappa shape index (κ2) is 7.82. The average Bonchev–Trinajstić information content (AvgIpc) is 3.35. The van der Waals surface area contributed by atoms with Crippen molar-refractivity contribution in [1.29, 1.82) is 5.26 Å². The smallest absolute Gasteiger partial charge is 0.318 e. The first-order chi connectivity index (χ1) is 14.2. The molecule has 0 bridgehead atoms. The van der Waals surface area contributed by atoms with Gasteiger partial charge in [-0.3, -0.25) is 4.79 Å². The monoisotopic (exact) mass is 385 g/mol. The van der Waals surface area contributed by atoms with Crippen LogP contribution in [0.2, 0.25) is 0 Å². The van der Waals surface area contributed by atoms with Gasteiger partial charge in [0.1, 0.15) is 5.78 Å². The number of ketones is 1. The molecule has 0 saturated heterocycles. The van der Waals surface area contributed by atoms with E-state index in [9.17, 15) is 10.1 Å². The molecule has 0 fully saturated rings. The maximum Gasteiger partial charge on any atom is 0.366 e. The van der Waals surface area contributed by atoms with E-state index in [4.69, 9.17) is 4.52 Å². The number of Topliss-reactive ketones (excluding diaryl/α,β-unsaturated/α-hetero) is 1. The molecule has 0 aliphatic heterocycles. The molecule has 0 spiro atoms. The number of para-hydroxylation sites is 2. The van der Waals surface area contributed by atoms with Crippen LogP contribution in [-0.2, 0) is 11.3 Å².